The van der Waals surface area contributed by atoms with Crippen molar-refractivity contribution in [3.05, 3.63) is 174 Å². The van der Waals surface area contributed by atoms with E-state index in [1.165, 1.54) is 88.0 Å². The lowest BCUT2D eigenvalue weighted by atomic mass is 9.82. The Morgan fingerprint density at radius 3 is 1.70 bits per heavy atom. The summed E-state index contributed by atoms with van der Waals surface area (Å²) < 4.78 is 0. The van der Waals surface area contributed by atoms with Crippen LogP contribution in [0.25, 0.3) is 71.8 Å². The Labute approximate surface area is 270 Å². The van der Waals surface area contributed by atoms with Crippen LogP contribution in [0.1, 0.15) is 41.5 Å². The van der Waals surface area contributed by atoms with E-state index in [9.17, 15) is 0 Å². The van der Waals surface area contributed by atoms with Gasteiger partial charge in [-0.2, -0.15) is 0 Å². The lowest BCUT2D eigenvalue weighted by molar-refractivity contribution is 1.00. The zero-order chi connectivity index (χ0) is 30.5. The van der Waals surface area contributed by atoms with Gasteiger partial charge >= 0.3 is 0 Å². The quantitative estimate of drug-likeness (QED) is 0.180. The van der Waals surface area contributed by atoms with Gasteiger partial charge in [0.15, 0.2) is 0 Å². The predicted molar refractivity (Wildman–Crippen MR) is 199 cm³/mol. The third-order valence-corrected chi connectivity index (χ3v) is 10.1. The second-order valence-electron chi connectivity index (χ2n) is 12.7. The molecule has 0 N–H and O–H groups in total. The van der Waals surface area contributed by atoms with Crippen LogP contribution in [-0.2, 0) is 6.42 Å². The van der Waals surface area contributed by atoms with Crippen LogP contribution in [0.4, 0.5) is 0 Å². The van der Waals surface area contributed by atoms with Gasteiger partial charge in [-0.1, -0.05) is 158 Å². The maximum atomic E-state index is 2.46. The lowest BCUT2D eigenvalue weighted by Gasteiger charge is -2.22. The average molecular weight is 587 g/mol. The summed E-state index contributed by atoms with van der Waals surface area (Å²) in [4.78, 5) is 0. The molecule has 0 unspecified atom stereocenters. The van der Waals surface area contributed by atoms with Gasteiger partial charge in [0.2, 0.25) is 0 Å². The maximum absolute atomic E-state index is 2.46. The topological polar surface area (TPSA) is 0 Å². The second-order valence-corrected chi connectivity index (χ2v) is 12.7. The minimum Gasteiger partial charge on any atom is -0.0842 e. The van der Waals surface area contributed by atoms with E-state index >= 15 is 0 Å². The molecule has 7 aromatic carbocycles. The van der Waals surface area contributed by atoms with Gasteiger partial charge in [-0.3, -0.25) is 0 Å². The fraction of sp³-hybridized carbons (Fsp3) is 0.0870. The van der Waals surface area contributed by atoms with Crippen LogP contribution in [0.5, 0.6) is 0 Å². The van der Waals surface area contributed by atoms with Gasteiger partial charge in [0.1, 0.15) is 0 Å². The van der Waals surface area contributed by atoms with Crippen molar-refractivity contribution >= 4 is 49.5 Å². The smallest absolute Gasteiger partial charge is 0.00201 e. The predicted octanol–water partition coefficient (Wildman–Crippen LogP) is 12.7. The molecule has 2 aliphatic carbocycles. The van der Waals surface area contributed by atoms with E-state index < -0.39 is 0 Å². The van der Waals surface area contributed by atoms with Crippen LogP contribution in [0.2, 0.25) is 0 Å². The Kier molecular flexibility index (Phi) is 6.53. The van der Waals surface area contributed by atoms with E-state index in [0.717, 1.165) is 25.7 Å². The Bertz CT molecular complexity index is 2340. The molecule has 46 heavy (non-hydrogen) atoms. The fourth-order valence-electron chi connectivity index (χ4n) is 7.88. The van der Waals surface area contributed by atoms with Crippen LogP contribution in [0.15, 0.2) is 152 Å². The second kappa shape index (κ2) is 11.2. The summed E-state index contributed by atoms with van der Waals surface area (Å²) in [5, 5.41) is 7.86. The molecule has 0 radical (unpaired) electrons. The van der Waals surface area contributed by atoms with Gasteiger partial charge in [0, 0.05) is 0 Å². The molecule has 0 nitrogen and oxygen atoms in total. The van der Waals surface area contributed by atoms with Crippen LogP contribution in [0.3, 0.4) is 0 Å². The summed E-state index contributed by atoms with van der Waals surface area (Å²) in [7, 11) is 0. The molecule has 0 saturated heterocycles. The number of benzene rings is 7. The molecular formula is C46H34. The largest absolute Gasteiger partial charge is 0.0842 e. The van der Waals surface area contributed by atoms with Gasteiger partial charge in [0.05, 0.1) is 0 Å². The molecule has 0 heteroatoms. The highest BCUT2D eigenvalue weighted by atomic mass is 14.2. The monoisotopic (exact) mass is 586 g/mol. The summed E-state index contributed by atoms with van der Waals surface area (Å²) in [5.74, 6) is 0. The molecule has 0 fully saturated rings. The molecule has 0 bridgehead atoms. The van der Waals surface area contributed by atoms with Crippen molar-refractivity contribution in [2.24, 2.45) is 0 Å². The standard InChI is InChI=1S/C46H34/c1-3-13-31(14-4-1)33-23-24-35-30-36(26-25-34(35)29-33)45-40-19-9-11-21-42(40)46(43-22-12-10-20-41(43)45)44-28-27-37(32-15-5-2-6-16-32)38-17-7-8-18-39(38)44/h1-5,7-15,17-22,25-30H,6,16,23-24H2. The highest BCUT2D eigenvalue weighted by Crippen LogP contribution is 2.47. The fourth-order valence-corrected chi connectivity index (χ4v) is 7.88. The van der Waals surface area contributed by atoms with Crippen LogP contribution < -0.4 is 0 Å². The summed E-state index contributed by atoms with van der Waals surface area (Å²) in [5.41, 5.74) is 13.6. The highest BCUT2D eigenvalue weighted by molar-refractivity contribution is 6.24. The van der Waals surface area contributed by atoms with Crippen molar-refractivity contribution in [2.75, 3.05) is 0 Å². The van der Waals surface area contributed by atoms with Crippen molar-refractivity contribution in [2.45, 2.75) is 25.7 Å². The number of fused-ring (bicyclic) bond motifs is 4. The molecule has 9 rings (SSSR count). The Balaban J connectivity index is 1.26. The van der Waals surface area contributed by atoms with E-state index in [1.54, 1.807) is 0 Å². The minimum absolute atomic E-state index is 1.06. The van der Waals surface area contributed by atoms with E-state index in [1.807, 2.05) is 0 Å². The van der Waals surface area contributed by atoms with Gasteiger partial charge in [-0.05, 0) is 114 Å². The van der Waals surface area contributed by atoms with Gasteiger partial charge in [0.25, 0.3) is 0 Å². The van der Waals surface area contributed by atoms with E-state index in [4.69, 9.17) is 0 Å². The van der Waals surface area contributed by atoms with E-state index in [0.29, 0.717) is 0 Å². The van der Waals surface area contributed by atoms with E-state index in [-0.39, 0.29) is 0 Å². The normalized spacial score (nSPS) is 14.3. The van der Waals surface area contributed by atoms with Gasteiger partial charge < -0.3 is 0 Å². The van der Waals surface area contributed by atoms with Crippen LogP contribution >= 0.6 is 0 Å². The number of allylic oxidation sites excluding steroid dienone is 5. The summed E-state index contributed by atoms with van der Waals surface area (Å²) in [6.45, 7) is 0. The summed E-state index contributed by atoms with van der Waals surface area (Å²) >= 11 is 0. The van der Waals surface area contributed by atoms with Crippen LogP contribution in [-0.4, -0.2) is 0 Å². The third-order valence-electron chi connectivity index (χ3n) is 10.1. The summed E-state index contributed by atoms with van der Waals surface area (Å²) in [6.07, 6.45) is 13.5. The first-order valence-electron chi connectivity index (χ1n) is 16.5. The van der Waals surface area contributed by atoms with Crippen molar-refractivity contribution in [3.63, 3.8) is 0 Å². The number of aryl methyl sites for hydroxylation is 1. The van der Waals surface area contributed by atoms with Gasteiger partial charge in [-0.25, -0.2) is 0 Å². The number of hydrogen-bond donors (Lipinski definition) is 0. The third kappa shape index (κ3) is 4.44. The Morgan fingerprint density at radius 1 is 0.413 bits per heavy atom. The molecule has 2 aliphatic rings. The number of rotatable bonds is 4. The maximum Gasteiger partial charge on any atom is -0.00201 e. The van der Waals surface area contributed by atoms with E-state index in [2.05, 4.69) is 158 Å². The molecular weight excluding hydrogens is 553 g/mol. The summed E-state index contributed by atoms with van der Waals surface area (Å²) in [6, 6.07) is 49.8. The molecule has 0 spiro atoms. The molecule has 0 aliphatic heterocycles. The van der Waals surface area contributed by atoms with Crippen molar-refractivity contribution in [1.29, 1.82) is 0 Å². The molecule has 0 heterocycles. The lowest BCUT2D eigenvalue weighted by Crippen LogP contribution is -2.00. The van der Waals surface area contributed by atoms with Gasteiger partial charge in [-0.15, -0.1) is 0 Å². The average Bonchev–Trinajstić information content (AvgIpc) is 3.14. The number of hydrogen-bond acceptors (Lipinski definition) is 0. The molecule has 218 valence electrons. The molecule has 0 saturated carbocycles. The Hall–Kier alpha value is -5.46. The minimum atomic E-state index is 1.06. The van der Waals surface area contributed by atoms with Crippen molar-refractivity contribution in [3.8, 4) is 22.3 Å². The van der Waals surface area contributed by atoms with Crippen molar-refractivity contribution in [1.82, 2.24) is 0 Å². The SMILES string of the molecule is C1=CCCC(c2ccc(-c3c4ccccc4c(-c4ccc5c(c4)CCC(c4ccccc4)=C5)c4ccccc34)c3ccccc23)=C1. The van der Waals surface area contributed by atoms with Crippen LogP contribution in [0, 0.1) is 0 Å². The Morgan fingerprint density at radius 2 is 1.02 bits per heavy atom. The zero-order valence-corrected chi connectivity index (χ0v) is 25.8. The molecule has 7 aromatic rings. The molecule has 0 aromatic heterocycles. The van der Waals surface area contributed by atoms with Crippen molar-refractivity contribution < 1.29 is 0 Å². The first-order chi connectivity index (χ1) is 22.8. The first-order valence-corrected chi connectivity index (χ1v) is 16.5. The highest BCUT2D eigenvalue weighted by Gasteiger charge is 2.20. The first kappa shape index (κ1) is 26.9. The molecule has 0 amide bonds. The molecule has 0 atom stereocenters. The zero-order valence-electron chi connectivity index (χ0n) is 25.8.